The Morgan fingerprint density at radius 3 is 2.43 bits per heavy atom. The van der Waals surface area contributed by atoms with Gasteiger partial charge in [0.1, 0.15) is 5.75 Å². The summed E-state index contributed by atoms with van der Waals surface area (Å²) < 4.78 is 0. The third-order valence-electron chi connectivity index (χ3n) is 4.83. The van der Waals surface area contributed by atoms with E-state index in [1.807, 2.05) is 47.4 Å². The number of amides is 1. The van der Waals surface area contributed by atoms with Crippen molar-refractivity contribution in [3.05, 3.63) is 65.7 Å². The maximum absolute atomic E-state index is 13.2. The van der Waals surface area contributed by atoms with Crippen molar-refractivity contribution in [3.63, 3.8) is 0 Å². The van der Waals surface area contributed by atoms with Crippen molar-refractivity contribution in [1.82, 2.24) is 0 Å². The molecule has 0 aromatic heterocycles. The van der Waals surface area contributed by atoms with Gasteiger partial charge in [-0.25, -0.2) is 0 Å². The van der Waals surface area contributed by atoms with E-state index >= 15 is 0 Å². The van der Waals surface area contributed by atoms with Gasteiger partial charge in [-0.05, 0) is 54.7 Å². The fourth-order valence-electron chi connectivity index (χ4n) is 3.79. The molecule has 1 aliphatic heterocycles. The van der Waals surface area contributed by atoms with Crippen LogP contribution in [0.15, 0.2) is 60.2 Å². The molecule has 3 nitrogen and oxygen atoms in total. The topological polar surface area (TPSA) is 40.5 Å². The highest BCUT2D eigenvalue weighted by molar-refractivity contribution is 6.30. The van der Waals surface area contributed by atoms with Crippen LogP contribution in [0.5, 0.6) is 5.75 Å². The molecule has 116 valence electrons. The molecule has 23 heavy (non-hydrogen) atoms. The van der Waals surface area contributed by atoms with Crippen LogP contribution in [0.4, 0.5) is 5.69 Å². The zero-order chi connectivity index (χ0) is 15.8. The lowest BCUT2D eigenvalue weighted by Crippen LogP contribution is -2.36. The summed E-state index contributed by atoms with van der Waals surface area (Å²) in [6, 6.07) is 17.1. The minimum absolute atomic E-state index is 0.0868. The van der Waals surface area contributed by atoms with Crippen molar-refractivity contribution in [2.75, 3.05) is 4.90 Å². The molecule has 4 rings (SSSR count). The molecule has 0 bridgehead atoms. The first kappa shape index (κ1) is 14.1. The molecule has 1 amide bonds. The number of aromatic hydroxyl groups is 1. The largest absolute Gasteiger partial charge is 0.508 e. The number of hydrogen-bond acceptors (Lipinski definition) is 2. The molecule has 1 fully saturated rings. The normalized spacial score (nSPS) is 20.8. The van der Waals surface area contributed by atoms with Crippen LogP contribution in [0, 0.1) is 0 Å². The third kappa shape index (κ3) is 2.33. The monoisotopic (exact) mass is 305 g/mol. The van der Waals surface area contributed by atoms with Gasteiger partial charge in [0.15, 0.2) is 0 Å². The Balaban J connectivity index is 1.80. The number of anilines is 1. The molecule has 2 aromatic rings. The number of phenolic OH excluding ortho intramolecular Hbond substituents is 1. The van der Waals surface area contributed by atoms with Crippen molar-refractivity contribution in [2.45, 2.75) is 31.7 Å². The van der Waals surface area contributed by atoms with Crippen molar-refractivity contribution in [3.8, 4) is 5.75 Å². The van der Waals surface area contributed by atoms with Crippen LogP contribution in [0.1, 0.15) is 31.2 Å². The van der Waals surface area contributed by atoms with Gasteiger partial charge >= 0.3 is 0 Å². The zero-order valence-corrected chi connectivity index (χ0v) is 12.9. The van der Waals surface area contributed by atoms with E-state index in [1.54, 1.807) is 12.1 Å². The quantitative estimate of drug-likeness (QED) is 0.906. The van der Waals surface area contributed by atoms with Crippen molar-refractivity contribution in [1.29, 1.82) is 0 Å². The van der Waals surface area contributed by atoms with E-state index in [9.17, 15) is 9.90 Å². The number of phenols is 1. The lowest BCUT2D eigenvalue weighted by Gasteiger charge is -2.30. The van der Waals surface area contributed by atoms with E-state index in [2.05, 4.69) is 0 Å². The first-order valence-corrected chi connectivity index (χ1v) is 8.17. The summed E-state index contributed by atoms with van der Waals surface area (Å²) in [5.74, 6) is 0.310. The maximum Gasteiger partial charge on any atom is 0.259 e. The van der Waals surface area contributed by atoms with Gasteiger partial charge in [-0.2, -0.15) is 0 Å². The number of rotatable bonds is 2. The Bertz CT molecular complexity index is 762. The summed E-state index contributed by atoms with van der Waals surface area (Å²) in [7, 11) is 0. The summed E-state index contributed by atoms with van der Waals surface area (Å²) in [5, 5.41) is 9.51. The van der Waals surface area contributed by atoms with E-state index in [4.69, 9.17) is 0 Å². The van der Waals surface area contributed by atoms with Crippen LogP contribution < -0.4 is 4.90 Å². The molecule has 1 saturated carbocycles. The number of carbonyl (C=O) groups is 1. The fraction of sp³-hybridized carbons (Fsp3) is 0.250. The Labute approximate surface area is 135 Å². The lowest BCUT2D eigenvalue weighted by molar-refractivity contribution is -0.113. The molecule has 1 heterocycles. The first-order chi connectivity index (χ1) is 11.3. The molecule has 1 atom stereocenters. The van der Waals surface area contributed by atoms with Crippen LogP contribution in [-0.4, -0.2) is 17.1 Å². The van der Waals surface area contributed by atoms with Gasteiger partial charge in [-0.3, -0.25) is 4.79 Å². The van der Waals surface area contributed by atoms with Crippen molar-refractivity contribution >= 4 is 17.2 Å². The van der Waals surface area contributed by atoms with Gasteiger partial charge in [-0.15, -0.1) is 0 Å². The van der Waals surface area contributed by atoms with Crippen LogP contribution in [0.3, 0.4) is 0 Å². The van der Waals surface area contributed by atoms with E-state index in [0.717, 1.165) is 42.5 Å². The van der Waals surface area contributed by atoms with Crippen molar-refractivity contribution in [2.24, 2.45) is 0 Å². The summed E-state index contributed by atoms with van der Waals surface area (Å²) in [6.07, 6.45) is 4.31. The molecule has 0 radical (unpaired) electrons. The summed E-state index contributed by atoms with van der Waals surface area (Å²) in [6.45, 7) is 0. The van der Waals surface area contributed by atoms with Gasteiger partial charge in [0.05, 0.1) is 6.04 Å². The van der Waals surface area contributed by atoms with E-state index in [0.29, 0.717) is 0 Å². The summed E-state index contributed by atoms with van der Waals surface area (Å²) in [4.78, 5) is 15.1. The molecule has 1 unspecified atom stereocenters. The second kappa shape index (κ2) is 5.58. The van der Waals surface area contributed by atoms with Crippen LogP contribution in [0.2, 0.25) is 0 Å². The minimum atomic E-state index is 0.0868. The van der Waals surface area contributed by atoms with Crippen molar-refractivity contribution < 1.29 is 9.90 Å². The van der Waals surface area contributed by atoms with E-state index in [-0.39, 0.29) is 17.7 Å². The maximum atomic E-state index is 13.2. The van der Waals surface area contributed by atoms with Gasteiger partial charge in [0.2, 0.25) is 0 Å². The van der Waals surface area contributed by atoms with Crippen LogP contribution in [-0.2, 0) is 4.79 Å². The number of benzene rings is 2. The standard InChI is InChI=1S/C20H19NO2/c22-16-12-10-15(11-13-16)21-18-9-5-4-8-17(18)19(20(21)23)14-6-2-1-3-7-14/h1-3,6-7,10-13,18,22H,4-5,8-9H2. The summed E-state index contributed by atoms with van der Waals surface area (Å²) in [5.41, 5.74) is 4.03. The van der Waals surface area contributed by atoms with Gasteiger partial charge in [0, 0.05) is 11.3 Å². The Hall–Kier alpha value is -2.55. The third-order valence-corrected chi connectivity index (χ3v) is 4.83. The predicted octanol–water partition coefficient (Wildman–Crippen LogP) is 4.14. The smallest absolute Gasteiger partial charge is 0.259 e. The minimum Gasteiger partial charge on any atom is -0.508 e. The number of fused-ring (bicyclic) bond motifs is 1. The van der Waals surface area contributed by atoms with E-state index in [1.165, 1.54) is 5.57 Å². The molecule has 0 saturated heterocycles. The van der Waals surface area contributed by atoms with E-state index < -0.39 is 0 Å². The molecule has 0 spiro atoms. The molecule has 3 heteroatoms. The SMILES string of the molecule is O=C1C(c2ccccc2)=C2CCCCC2N1c1ccc(O)cc1. The summed E-state index contributed by atoms with van der Waals surface area (Å²) >= 11 is 0. The average Bonchev–Trinajstić information content (AvgIpc) is 2.88. The predicted molar refractivity (Wildman–Crippen MR) is 91.2 cm³/mol. The second-order valence-electron chi connectivity index (χ2n) is 6.22. The Morgan fingerprint density at radius 1 is 0.957 bits per heavy atom. The van der Waals surface area contributed by atoms with Gasteiger partial charge in [0.25, 0.3) is 5.91 Å². The molecule has 2 aliphatic rings. The highest BCUT2D eigenvalue weighted by Gasteiger charge is 2.41. The van der Waals surface area contributed by atoms with Crippen LogP contribution >= 0.6 is 0 Å². The highest BCUT2D eigenvalue weighted by Crippen LogP contribution is 2.43. The average molecular weight is 305 g/mol. The fourth-order valence-corrected chi connectivity index (χ4v) is 3.79. The van der Waals surface area contributed by atoms with Crippen LogP contribution in [0.25, 0.3) is 5.57 Å². The molecular formula is C20H19NO2. The number of nitrogens with zero attached hydrogens (tertiary/aromatic N) is 1. The lowest BCUT2D eigenvalue weighted by atomic mass is 9.87. The van der Waals surface area contributed by atoms with Gasteiger partial charge < -0.3 is 10.0 Å². The molecular weight excluding hydrogens is 286 g/mol. The zero-order valence-electron chi connectivity index (χ0n) is 12.9. The first-order valence-electron chi connectivity index (χ1n) is 8.17. The van der Waals surface area contributed by atoms with Gasteiger partial charge in [-0.1, -0.05) is 36.8 Å². The number of carbonyl (C=O) groups excluding carboxylic acids is 1. The number of hydrogen-bond donors (Lipinski definition) is 1. The second-order valence-corrected chi connectivity index (χ2v) is 6.22. The molecule has 2 aromatic carbocycles. The highest BCUT2D eigenvalue weighted by atomic mass is 16.3. The Kier molecular flexibility index (Phi) is 3.41. The molecule has 1 aliphatic carbocycles. The Morgan fingerprint density at radius 2 is 1.70 bits per heavy atom. The molecule has 1 N–H and O–H groups in total.